The van der Waals surface area contributed by atoms with E-state index in [1.54, 1.807) is 13.1 Å². The summed E-state index contributed by atoms with van der Waals surface area (Å²) < 4.78 is 0. The van der Waals surface area contributed by atoms with Crippen LogP contribution in [0.1, 0.15) is 5.56 Å². The number of phenols is 1. The summed E-state index contributed by atoms with van der Waals surface area (Å²) in [7, 11) is 1.67. The lowest BCUT2D eigenvalue weighted by Gasteiger charge is -2.10. The highest BCUT2D eigenvalue weighted by molar-refractivity contribution is 6.02. The Hall–Kier alpha value is -1.71. The normalized spacial score (nSPS) is 14.8. The van der Waals surface area contributed by atoms with Gasteiger partial charge in [0.05, 0.1) is 12.1 Å². The van der Waals surface area contributed by atoms with Crippen molar-refractivity contribution in [1.29, 1.82) is 0 Å². The number of benzene rings is 1. The number of carbonyl (C=O) groups is 1. The van der Waals surface area contributed by atoms with Crippen LogP contribution in [0, 0.1) is 0 Å². The van der Waals surface area contributed by atoms with Crippen molar-refractivity contribution in [2.45, 2.75) is 6.42 Å². The summed E-state index contributed by atoms with van der Waals surface area (Å²) in [6.07, 6.45) is 0.262. The molecule has 1 heterocycles. The number of aromatic hydroxyl groups is 1. The number of nitrogens with two attached hydrogens (primary N) is 1. The minimum absolute atomic E-state index is 0.0177. The van der Waals surface area contributed by atoms with E-state index >= 15 is 0 Å². The molecule has 0 aromatic heterocycles. The third-order valence-electron chi connectivity index (χ3n) is 2.29. The number of carbonyl (C=O) groups excluding carboxylic acids is 1. The van der Waals surface area contributed by atoms with E-state index in [0.717, 1.165) is 0 Å². The highest BCUT2D eigenvalue weighted by Crippen LogP contribution is 2.36. The van der Waals surface area contributed by atoms with Crippen molar-refractivity contribution >= 4 is 17.3 Å². The van der Waals surface area contributed by atoms with Gasteiger partial charge in [-0.3, -0.25) is 4.79 Å². The Bertz CT molecular complexity index is 387. The Morgan fingerprint density at radius 1 is 1.54 bits per heavy atom. The first kappa shape index (κ1) is 7.91. The summed E-state index contributed by atoms with van der Waals surface area (Å²) in [6.45, 7) is 0. The molecule has 68 valence electrons. The largest absolute Gasteiger partial charge is 0.507 e. The molecule has 0 bridgehead atoms. The van der Waals surface area contributed by atoms with E-state index in [1.807, 2.05) is 0 Å². The van der Waals surface area contributed by atoms with Gasteiger partial charge in [-0.25, -0.2) is 0 Å². The summed E-state index contributed by atoms with van der Waals surface area (Å²) in [5.41, 5.74) is 7.39. The van der Waals surface area contributed by atoms with Gasteiger partial charge in [0.25, 0.3) is 0 Å². The lowest BCUT2D eigenvalue weighted by Crippen LogP contribution is -2.20. The maximum absolute atomic E-state index is 11.3. The van der Waals surface area contributed by atoms with Crippen LogP contribution in [-0.4, -0.2) is 18.1 Å². The smallest absolute Gasteiger partial charge is 0.231 e. The Morgan fingerprint density at radius 3 is 2.92 bits per heavy atom. The number of nitrogen functional groups attached to an aromatic ring is 1. The highest BCUT2D eigenvalue weighted by Gasteiger charge is 2.26. The summed E-state index contributed by atoms with van der Waals surface area (Å²) in [6, 6.07) is 3.16. The molecule has 0 fully saturated rings. The fourth-order valence-electron chi connectivity index (χ4n) is 1.55. The molecule has 1 amide bonds. The predicted octanol–water partition coefficient (Wildman–Crippen LogP) is 0.493. The first-order valence-corrected chi connectivity index (χ1v) is 3.97. The van der Waals surface area contributed by atoms with Gasteiger partial charge < -0.3 is 15.7 Å². The van der Waals surface area contributed by atoms with Gasteiger partial charge in [0.2, 0.25) is 5.91 Å². The summed E-state index contributed by atoms with van der Waals surface area (Å²) in [5.74, 6) is 0.0867. The molecule has 0 unspecified atom stereocenters. The number of likely N-dealkylation sites (N-methyl/N-ethyl adjacent to an activating group) is 1. The van der Waals surface area contributed by atoms with Gasteiger partial charge in [0, 0.05) is 24.4 Å². The Kier molecular flexibility index (Phi) is 1.45. The van der Waals surface area contributed by atoms with Crippen LogP contribution in [0.5, 0.6) is 5.75 Å². The molecule has 0 saturated heterocycles. The average Bonchev–Trinajstić information content (AvgIpc) is 2.32. The predicted molar refractivity (Wildman–Crippen MR) is 49.6 cm³/mol. The fourth-order valence-corrected chi connectivity index (χ4v) is 1.55. The van der Waals surface area contributed by atoms with Crippen LogP contribution in [-0.2, 0) is 11.2 Å². The third-order valence-corrected chi connectivity index (χ3v) is 2.29. The SMILES string of the molecule is CN1C(=O)Cc2c(O)cc(N)cc21. The minimum atomic E-state index is -0.0177. The second kappa shape index (κ2) is 2.39. The Labute approximate surface area is 75.6 Å². The molecule has 1 aliphatic rings. The van der Waals surface area contributed by atoms with Crippen molar-refractivity contribution in [2.24, 2.45) is 0 Å². The molecule has 1 aromatic rings. The maximum Gasteiger partial charge on any atom is 0.231 e. The number of hydrogen-bond acceptors (Lipinski definition) is 3. The van der Waals surface area contributed by atoms with Crippen molar-refractivity contribution in [3.05, 3.63) is 17.7 Å². The van der Waals surface area contributed by atoms with Crippen molar-refractivity contribution in [3.63, 3.8) is 0 Å². The number of anilines is 2. The number of phenolic OH excluding ortho intramolecular Hbond substituents is 1. The Morgan fingerprint density at radius 2 is 2.23 bits per heavy atom. The number of nitrogens with zero attached hydrogens (tertiary/aromatic N) is 1. The topological polar surface area (TPSA) is 66.6 Å². The van der Waals surface area contributed by atoms with Gasteiger partial charge >= 0.3 is 0 Å². The molecule has 4 nitrogen and oxygen atoms in total. The summed E-state index contributed by atoms with van der Waals surface area (Å²) in [4.78, 5) is 12.8. The van der Waals surface area contributed by atoms with Gasteiger partial charge in [-0.15, -0.1) is 0 Å². The highest BCUT2D eigenvalue weighted by atomic mass is 16.3. The molecule has 0 spiro atoms. The van der Waals surface area contributed by atoms with Crippen LogP contribution in [0.4, 0.5) is 11.4 Å². The van der Waals surface area contributed by atoms with Crippen molar-refractivity contribution in [1.82, 2.24) is 0 Å². The van der Waals surface area contributed by atoms with Gasteiger partial charge in [0.1, 0.15) is 5.75 Å². The zero-order chi connectivity index (χ0) is 9.59. The molecule has 1 aromatic carbocycles. The van der Waals surface area contributed by atoms with E-state index in [1.165, 1.54) is 11.0 Å². The summed E-state index contributed by atoms with van der Waals surface area (Å²) >= 11 is 0. The average molecular weight is 178 g/mol. The standard InChI is InChI=1S/C9H10N2O2/c1-11-7-2-5(10)3-8(12)6(7)4-9(11)13/h2-3,12H,4,10H2,1H3. The van der Waals surface area contributed by atoms with Crippen LogP contribution < -0.4 is 10.6 Å². The molecule has 0 atom stereocenters. The Balaban J connectivity index is 2.63. The molecule has 4 heteroatoms. The number of rotatable bonds is 0. The molecule has 2 rings (SSSR count). The second-order valence-corrected chi connectivity index (χ2v) is 3.17. The van der Waals surface area contributed by atoms with Crippen molar-refractivity contribution < 1.29 is 9.90 Å². The first-order valence-electron chi connectivity index (χ1n) is 3.97. The molecule has 0 aliphatic carbocycles. The van der Waals surface area contributed by atoms with Gasteiger partial charge in [-0.2, -0.15) is 0 Å². The van der Waals surface area contributed by atoms with Gasteiger partial charge in [-0.1, -0.05) is 0 Å². The molecule has 0 radical (unpaired) electrons. The van der Waals surface area contributed by atoms with Crippen LogP contribution in [0.3, 0.4) is 0 Å². The van der Waals surface area contributed by atoms with Crippen molar-refractivity contribution in [2.75, 3.05) is 17.7 Å². The minimum Gasteiger partial charge on any atom is -0.507 e. The number of amides is 1. The van der Waals surface area contributed by atoms with Crippen molar-refractivity contribution in [3.8, 4) is 5.75 Å². The van der Waals surface area contributed by atoms with E-state index in [4.69, 9.17) is 5.73 Å². The maximum atomic E-state index is 11.3. The van der Waals surface area contributed by atoms with E-state index in [0.29, 0.717) is 16.9 Å². The van der Waals surface area contributed by atoms with E-state index in [9.17, 15) is 9.90 Å². The molecule has 13 heavy (non-hydrogen) atoms. The molecular formula is C9H10N2O2. The van der Waals surface area contributed by atoms with Crippen LogP contribution >= 0.6 is 0 Å². The number of hydrogen-bond donors (Lipinski definition) is 2. The van der Waals surface area contributed by atoms with Gasteiger partial charge in [-0.05, 0) is 6.07 Å². The van der Waals surface area contributed by atoms with Crippen LogP contribution in [0.15, 0.2) is 12.1 Å². The molecule has 0 saturated carbocycles. The lowest BCUT2D eigenvalue weighted by atomic mass is 10.1. The van der Waals surface area contributed by atoms with Crippen LogP contribution in [0.25, 0.3) is 0 Å². The van der Waals surface area contributed by atoms with Gasteiger partial charge in [0.15, 0.2) is 0 Å². The second-order valence-electron chi connectivity index (χ2n) is 3.17. The van der Waals surface area contributed by atoms with E-state index in [2.05, 4.69) is 0 Å². The number of fused-ring (bicyclic) bond motifs is 1. The third kappa shape index (κ3) is 1.02. The molecular weight excluding hydrogens is 168 g/mol. The summed E-state index contributed by atoms with van der Waals surface area (Å²) in [5, 5.41) is 9.49. The molecule has 3 N–H and O–H groups in total. The fraction of sp³-hybridized carbons (Fsp3) is 0.222. The molecule has 1 aliphatic heterocycles. The first-order chi connectivity index (χ1) is 6.09. The van der Waals surface area contributed by atoms with E-state index < -0.39 is 0 Å². The lowest BCUT2D eigenvalue weighted by molar-refractivity contribution is -0.117. The zero-order valence-electron chi connectivity index (χ0n) is 7.24. The monoisotopic (exact) mass is 178 g/mol. The van der Waals surface area contributed by atoms with Crippen LogP contribution in [0.2, 0.25) is 0 Å². The quantitative estimate of drug-likeness (QED) is 0.568. The van der Waals surface area contributed by atoms with E-state index in [-0.39, 0.29) is 18.1 Å². The zero-order valence-corrected chi connectivity index (χ0v) is 7.24.